The number of halogens is 2. The number of hydrogen-bond acceptors (Lipinski definition) is 2. The Morgan fingerprint density at radius 1 is 1.11 bits per heavy atom. The van der Waals surface area contributed by atoms with Crippen LogP contribution in [0.3, 0.4) is 0 Å². The van der Waals surface area contributed by atoms with E-state index in [0.717, 1.165) is 43.7 Å². The summed E-state index contributed by atoms with van der Waals surface area (Å²) < 4.78 is 16.4. The zero-order valence-electron chi connectivity index (χ0n) is 14.0. The highest BCUT2D eigenvalue weighted by Crippen LogP contribution is 2.40. The van der Waals surface area contributed by atoms with Crippen molar-refractivity contribution in [2.75, 3.05) is 5.32 Å². The Labute approximate surface area is 162 Å². The van der Waals surface area contributed by atoms with E-state index in [1.54, 1.807) is 18.3 Å². The normalized spacial score (nSPS) is 13.0. The molecule has 0 radical (unpaired) electrons. The number of nitrogens with one attached hydrogen (secondary N) is 1. The molecule has 0 bridgehead atoms. The Kier molecular flexibility index (Phi) is 3.62. The van der Waals surface area contributed by atoms with E-state index in [-0.39, 0.29) is 11.7 Å². The van der Waals surface area contributed by atoms with Crippen LogP contribution in [-0.4, -0.2) is 15.5 Å². The molecule has 0 atom stereocenters. The van der Waals surface area contributed by atoms with Crippen LogP contribution >= 0.6 is 15.9 Å². The minimum Gasteiger partial charge on any atom is -0.326 e. The molecule has 6 heteroatoms. The summed E-state index contributed by atoms with van der Waals surface area (Å²) in [6.07, 6.45) is 2.11. The number of amides is 1. The van der Waals surface area contributed by atoms with E-state index in [1.165, 1.54) is 12.1 Å². The fourth-order valence-corrected chi connectivity index (χ4v) is 4.26. The first-order chi connectivity index (χ1) is 13.1. The molecule has 0 saturated heterocycles. The van der Waals surface area contributed by atoms with E-state index in [4.69, 9.17) is 0 Å². The third kappa shape index (κ3) is 2.56. The molecule has 27 heavy (non-hydrogen) atoms. The predicted octanol–water partition coefficient (Wildman–Crippen LogP) is 5.09. The number of rotatable bonds is 2. The molecule has 3 heterocycles. The molecule has 1 amide bonds. The van der Waals surface area contributed by atoms with E-state index < -0.39 is 0 Å². The smallest absolute Gasteiger partial charge is 0.228 e. The number of pyridine rings is 1. The summed E-state index contributed by atoms with van der Waals surface area (Å²) in [5.74, 6) is -0.282. The number of hydrogen-bond donors (Lipinski definition) is 1. The lowest BCUT2D eigenvalue weighted by Gasteiger charge is -2.12. The van der Waals surface area contributed by atoms with Gasteiger partial charge in [-0.05, 0) is 81.7 Å². The van der Waals surface area contributed by atoms with E-state index in [1.807, 2.05) is 34.9 Å². The molecule has 1 aliphatic rings. The summed E-state index contributed by atoms with van der Waals surface area (Å²) in [6.45, 7) is 0. The number of anilines is 1. The zero-order chi connectivity index (χ0) is 18.5. The second-order valence-corrected chi connectivity index (χ2v) is 7.24. The minimum atomic E-state index is -0.280. The molecule has 2 aromatic heterocycles. The van der Waals surface area contributed by atoms with Crippen molar-refractivity contribution in [3.05, 3.63) is 76.6 Å². The molecule has 4 aromatic rings. The van der Waals surface area contributed by atoms with Gasteiger partial charge in [-0.15, -0.1) is 0 Å². The zero-order valence-corrected chi connectivity index (χ0v) is 15.6. The van der Waals surface area contributed by atoms with Gasteiger partial charge in [0.15, 0.2) is 0 Å². The Hall–Kier alpha value is -2.99. The topological polar surface area (TPSA) is 46.9 Å². The standard InChI is InChI=1S/C21H13BrFN3O/c22-19-16-2-1-9-24-21(16)26(20(19)12-3-5-14(23)6-4-12)15-7-8-17-13(10-15)11-18(27)25-17/h1-10H,11H2,(H,25,27). The summed E-state index contributed by atoms with van der Waals surface area (Å²) in [5.41, 5.74) is 5.25. The number of fused-ring (bicyclic) bond motifs is 2. The van der Waals surface area contributed by atoms with Crippen molar-refractivity contribution in [1.29, 1.82) is 0 Å². The van der Waals surface area contributed by atoms with Gasteiger partial charge in [-0.2, -0.15) is 0 Å². The van der Waals surface area contributed by atoms with E-state index in [2.05, 4.69) is 26.2 Å². The molecule has 132 valence electrons. The van der Waals surface area contributed by atoms with Crippen molar-refractivity contribution in [1.82, 2.24) is 9.55 Å². The van der Waals surface area contributed by atoms with E-state index in [0.29, 0.717) is 6.42 Å². The highest BCUT2D eigenvalue weighted by atomic mass is 79.9. The molecule has 2 aromatic carbocycles. The molecule has 0 saturated carbocycles. The first-order valence-electron chi connectivity index (χ1n) is 8.46. The Morgan fingerprint density at radius 3 is 2.74 bits per heavy atom. The van der Waals surface area contributed by atoms with Gasteiger partial charge in [0.05, 0.1) is 16.6 Å². The van der Waals surface area contributed by atoms with Crippen molar-refractivity contribution < 1.29 is 9.18 Å². The van der Waals surface area contributed by atoms with Crippen LogP contribution in [0.4, 0.5) is 10.1 Å². The molecule has 1 aliphatic heterocycles. The van der Waals surface area contributed by atoms with Crippen molar-refractivity contribution in [3.8, 4) is 16.9 Å². The van der Waals surface area contributed by atoms with Crippen LogP contribution in [0.2, 0.25) is 0 Å². The molecular weight excluding hydrogens is 409 g/mol. The second-order valence-electron chi connectivity index (χ2n) is 6.45. The number of carbonyl (C=O) groups is 1. The monoisotopic (exact) mass is 421 g/mol. The van der Waals surface area contributed by atoms with Crippen LogP contribution in [0, 0.1) is 5.82 Å². The third-order valence-corrected chi connectivity index (χ3v) is 5.56. The number of benzene rings is 2. The summed E-state index contributed by atoms with van der Waals surface area (Å²) in [6, 6.07) is 16.1. The van der Waals surface area contributed by atoms with Gasteiger partial charge < -0.3 is 5.32 Å². The molecule has 0 fully saturated rings. The Morgan fingerprint density at radius 2 is 1.93 bits per heavy atom. The number of aromatic nitrogens is 2. The molecule has 4 nitrogen and oxygen atoms in total. The van der Waals surface area contributed by atoms with Gasteiger partial charge in [0.1, 0.15) is 11.5 Å². The minimum absolute atomic E-state index is 0.00224. The Bertz CT molecular complexity index is 1210. The summed E-state index contributed by atoms with van der Waals surface area (Å²) in [7, 11) is 0. The lowest BCUT2D eigenvalue weighted by Crippen LogP contribution is -2.03. The quantitative estimate of drug-likeness (QED) is 0.489. The first-order valence-corrected chi connectivity index (χ1v) is 9.25. The molecule has 1 N–H and O–H groups in total. The van der Waals surface area contributed by atoms with Crippen LogP contribution in [-0.2, 0) is 11.2 Å². The van der Waals surface area contributed by atoms with Crippen molar-refractivity contribution >= 4 is 38.6 Å². The van der Waals surface area contributed by atoms with Gasteiger partial charge in [-0.25, -0.2) is 9.37 Å². The van der Waals surface area contributed by atoms with Crippen molar-refractivity contribution in [2.24, 2.45) is 0 Å². The van der Waals surface area contributed by atoms with E-state index in [9.17, 15) is 9.18 Å². The summed E-state index contributed by atoms with van der Waals surface area (Å²) >= 11 is 3.71. The lowest BCUT2D eigenvalue weighted by atomic mass is 10.1. The number of carbonyl (C=O) groups excluding carboxylic acids is 1. The van der Waals surface area contributed by atoms with E-state index >= 15 is 0 Å². The predicted molar refractivity (Wildman–Crippen MR) is 106 cm³/mol. The lowest BCUT2D eigenvalue weighted by molar-refractivity contribution is -0.115. The van der Waals surface area contributed by atoms with Crippen molar-refractivity contribution in [2.45, 2.75) is 6.42 Å². The van der Waals surface area contributed by atoms with Crippen LogP contribution in [0.1, 0.15) is 5.56 Å². The van der Waals surface area contributed by atoms with Crippen LogP contribution in [0.25, 0.3) is 28.0 Å². The molecular formula is C21H13BrFN3O. The highest BCUT2D eigenvalue weighted by molar-refractivity contribution is 9.10. The SMILES string of the molecule is O=C1Cc2cc(-n3c(-c4ccc(F)cc4)c(Br)c4cccnc43)ccc2N1. The molecule has 0 spiro atoms. The van der Waals surface area contributed by atoms with Gasteiger partial charge >= 0.3 is 0 Å². The van der Waals surface area contributed by atoms with Gasteiger partial charge in [0.2, 0.25) is 5.91 Å². The van der Waals surface area contributed by atoms with Crippen LogP contribution < -0.4 is 5.32 Å². The molecule has 0 aliphatic carbocycles. The average Bonchev–Trinajstić information content (AvgIpc) is 3.19. The maximum absolute atomic E-state index is 13.4. The van der Waals surface area contributed by atoms with Gasteiger partial charge in [-0.3, -0.25) is 9.36 Å². The molecule has 5 rings (SSSR count). The number of nitrogens with zero attached hydrogens (tertiary/aromatic N) is 2. The Balaban J connectivity index is 1.81. The maximum Gasteiger partial charge on any atom is 0.228 e. The first kappa shape index (κ1) is 16.2. The highest BCUT2D eigenvalue weighted by Gasteiger charge is 2.22. The van der Waals surface area contributed by atoms with Crippen LogP contribution in [0.5, 0.6) is 0 Å². The molecule has 0 unspecified atom stereocenters. The van der Waals surface area contributed by atoms with Gasteiger partial charge in [0, 0.05) is 23.0 Å². The fourth-order valence-electron chi connectivity index (χ4n) is 3.55. The average molecular weight is 422 g/mol. The fraction of sp³-hybridized carbons (Fsp3) is 0.0476. The van der Waals surface area contributed by atoms with Crippen molar-refractivity contribution in [3.63, 3.8) is 0 Å². The van der Waals surface area contributed by atoms with Gasteiger partial charge in [0.25, 0.3) is 0 Å². The summed E-state index contributed by atoms with van der Waals surface area (Å²) in [5, 5.41) is 3.82. The van der Waals surface area contributed by atoms with Gasteiger partial charge in [-0.1, -0.05) is 0 Å². The van der Waals surface area contributed by atoms with Crippen LogP contribution in [0.15, 0.2) is 65.3 Å². The summed E-state index contributed by atoms with van der Waals surface area (Å²) in [4.78, 5) is 16.3. The third-order valence-electron chi connectivity index (χ3n) is 4.76. The maximum atomic E-state index is 13.4. The largest absolute Gasteiger partial charge is 0.326 e. The second kappa shape index (κ2) is 6.03.